The van der Waals surface area contributed by atoms with Gasteiger partial charge in [0.15, 0.2) is 11.4 Å². The van der Waals surface area contributed by atoms with Gasteiger partial charge in [0, 0.05) is 0 Å². The molecule has 0 saturated carbocycles. The lowest BCUT2D eigenvalue weighted by atomic mass is 9.83. The molecule has 2 heterocycles. The number of amides is 1. The van der Waals surface area contributed by atoms with Crippen LogP contribution in [-0.4, -0.2) is 41.1 Å². The molecular weight excluding hydrogens is 306 g/mol. The number of rotatable bonds is 1. The fourth-order valence-electron chi connectivity index (χ4n) is 3.15. The molecule has 0 aromatic heterocycles. The molecule has 1 aromatic rings. The van der Waals surface area contributed by atoms with Crippen LogP contribution in [0.4, 0.5) is 4.79 Å². The summed E-state index contributed by atoms with van der Waals surface area (Å²) in [4.78, 5) is 26.2. The van der Waals surface area contributed by atoms with Gasteiger partial charge in [-0.3, -0.25) is 9.69 Å². The van der Waals surface area contributed by atoms with E-state index in [4.69, 9.17) is 9.47 Å². The molecule has 0 aliphatic carbocycles. The number of carbonyl (C=O) groups is 2. The quantitative estimate of drug-likeness (QED) is 0.786. The highest BCUT2D eigenvalue weighted by Crippen LogP contribution is 2.40. The maximum Gasteiger partial charge on any atom is 0.410 e. The minimum Gasteiger partial charge on any atom is -0.482 e. The van der Waals surface area contributed by atoms with Crippen LogP contribution in [0.25, 0.3) is 0 Å². The van der Waals surface area contributed by atoms with E-state index < -0.39 is 11.2 Å². The molecule has 2 aliphatic rings. The van der Waals surface area contributed by atoms with Crippen molar-refractivity contribution in [2.75, 3.05) is 13.1 Å². The second-order valence-corrected chi connectivity index (χ2v) is 8.13. The van der Waals surface area contributed by atoms with Gasteiger partial charge in [-0.05, 0) is 44.4 Å². The number of hydrogen-bond donors (Lipinski definition) is 0. The van der Waals surface area contributed by atoms with E-state index in [-0.39, 0.29) is 11.9 Å². The van der Waals surface area contributed by atoms with E-state index in [1.54, 1.807) is 4.90 Å². The van der Waals surface area contributed by atoms with Crippen LogP contribution < -0.4 is 4.74 Å². The van der Waals surface area contributed by atoms with Crippen molar-refractivity contribution in [3.05, 3.63) is 29.3 Å². The number of carbonyl (C=O) groups excluding carboxylic acids is 2. The molecule has 0 bridgehead atoms. The SMILES string of the molecule is CC(C)c1ccc2c(c1)OC1(CC2=O)CN(C(=O)OC(C)(C)C)C1. The third-order valence-electron chi connectivity index (χ3n) is 4.39. The molecule has 3 rings (SSSR count). The summed E-state index contributed by atoms with van der Waals surface area (Å²) >= 11 is 0. The number of hydrogen-bond acceptors (Lipinski definition) is 4. The first kappa shape index (κ1) is 16.8. The van der Waals surface area contributed by atoms with Crippen molar-refractivity contribution < 1.29 is 19.1 Å². The number of fused-ring (bicyclic) bond motifs is 1. The van der Waals surface area contributed by atoms with Crippen molar-refractivity contribution in [2.45, 2.75) is 58.2 Å². The summed E-state index contributed by atoms with van der Waals surface area (Å²) in [7, 11) is 0. The fourth-order valence-corrected chi connectivity index (χ4v) is 3.15. The molecule has 5 heteroatoms. The average Bonchev–Trinajstić information content (AvgIpc) is 2.41. The Bertz CT molecular complexity index is 681. The fraction of sp³-hybridized carbons (Fsp3) is 0.579. The third-order valence-corrected chi connectivity index (χ3v) is 4.39. The van der Waals surface area contributed by atoms with Crippen LogP contribution in [0.3, 0.4) is 0 Å². The van der Waals surface area contributed by atoms with Gasteiger partial charge in [-0.1, -0.05) is 19.9 Å². The van der Waals surface area contributed by atoms with Crippen LogP contribution in [-0.2, 0) is 4.74 Å². The lowest BCUT2D eigenvalue weighted by Crippen LogP contribution is -2.68. The Morgan fingerprint density at radius 2 is 1.96 bits per heavy atom. The molecule has 0 N–H and O–H groups in total. The van der Waals surface area contributed by atoms with E-state index in [0.29, 0.717) is 36.7 Å². The Balaban J connectivity index is 1.74. The maximum absolute atomic E-state index is 12.5. The zero-order valence-corrected chi connectivity index (χ0v) is 15.0. The van der Waals surface area contributed by atoms with E-state index in [0.717, 1.165) is 5.56 Å². The Hall–Kier alpha value is -2.04. The smallest absolute Gasteiger partial charge is 0.410 e. The van der Waals surface area contributed by atoms with Gasteiger partial charge in [0.2, 0.25) is 0 Å². The Labute approximate surface area is 142 Å². The first-order valence-electron chi connectivity index (χ1n) is 8.43. The van der Waals surface area contributed by atoms with Gasteiger partial charge in [0.1, 0.15) is 11.4 Å². The second-order valence-electron chi connectivity index (χ2n) is 8.13. The van der Waals surface area contributed by atoms with Crippen LogP contribution in [0.5, 0.6) is 5.75 Å². The van der Waals surface area contributed by atoms with E-state index in [2.05, 4.69) is 13.8 Å². The molecule has 1 spiro atoms. The number of Topliss-reactive ketones (excluding diaryl/α,β-unsaturated/α-hetero) is 1. The van der Waals surface area contributed by atoms with Crippen LogP contribution in [0.1, 0.15) is 62.9 Å². The molecule has 1 fully saturated rings. The van der Waals surface area contributed by atoms with Gasteiger partial charge < -0.3 is 9.47 Å². The number of ketones is 1. The van der Waals surface area contributed by atoms with Crippen LogP contribution in [0.2, 0.25) is 0 Å². The number of nitrogens with zero attached hydrogens (tertiary/aromatic N) is 1. The normalized spacial score (nSPS) is 18.9. The number of benzene rings is 1. The van der Waals surface area contributed by atoms with Crippen molar-refractivity contribution in [2.24, 2.45) is 0 Å². The summed E-state index contributed by atoms with van der Waals surface area (Å²) in [6.07, 6.45) is -0.0498. The highest BCUT2D eigenvalue weighted by Gasteiger charge is 2.52. The minimum atomic E-state index is -0.601. The summed E-state index contributed by atoms with van der Waals surface area (Å²) in [6.45, 7) is 10.5. The zero-order chi connectivity index (χ0) is 17.7. The topological polar surface area (TPSA) is 55.8 Å². The summed E-state index contributed by atoms with van der Waals surface area (Å²) < 4.78 is 11.5. The van der Waals surface area contributed by atoms with Crippen LogP contribution >= 0.6 is 0 Å². The largest absolute Gasteiger partial charge is 0.482 e. The molecule has 2 aliphatic heterocycles. The van der Waals surface area contributed by atoms with Gasteiger partial charge >= 0.3 is 6.09 Å². The monoisotopic (exact) mass is 331 g/mol. The summed E-state index contributed by atoms with van der Waals surface area (Å²) in [5.41, 5.74) is 0.654. The van der Waals surface area contributed by atoms with E-state index in [1.165, 1.54) is 0 Å². The van der Waals surface area contributed by atoms with Crippen molar-refractivity contribution in [3.8, 4) is 5.75 Å². The standard InChI is InChI=1S/C19H25NO4/c1-12(2)13-6-7-14-15(21)9-19(23-16(14)8-13)10-20(11-19)17(22)24-18(3,4)5/h6-8,12H,9-11H2,1-5H3. The first-order valence-corrected chi connectivity index (χ1v) is 8.43. The maximum atomic E-state index is 12.5. The van der Waals surface area contributed by atoms with Crippen molar-refractivity contribution in [3.63, 3.8) is 0 Å². The zero-order valence-electron chi connectivity index (χ0n) is 15.0. The molecule has 1 aromatic carbocycles. The molecule has 130 valence electrons. The first-order chi connectivity index (χ1) is 11.1. The number of ether oxygens (including phenoxy) is 2. The summed E-state index contributed by atoms with van der Waals surface area (Å²) in [6, 6.07) is 5.79. The Kier molecular flexibility index (Phi) is 3.85. The highest BCUT2D eigenvalue weighted by atomic mass is 16.6. The molecule has 24 heavy (non-hydrogen) atoms. The van der Waals surface area contributed by atoms with Crippen LogP contribution in [0.15, 0.2) is 18.2 Å². The van der Waals surface area contributed by atoms with Gasteiger partial charge in [0.05, 0.1) is 25.1 Å². The summed E-state index contributed by atoms with van der Waals surface area (Å²) in [5, 5.41) is 0. The summed E-state index contributed by atoms with van der Waals surface area (Å²) in [5.74, 6) is 1.09. The van der Waals surface area contributed by atoms with Gasteiger partial charge in [-0.25, -0.2) is 4.79 Å². The van der Waals surface area contributed by atoms with Gasteiger partial charge in [-0.2, -0.15) is 0 Å². The lowest BCUT2D eigenvalue weighted by Gasteiger charge is -2.50. The molecule has 0 unspecified atom stereocenters. The average molecular weight is 331 g/mol. The van der Waals surface area contributed by atoms with E-state index in [9.17, 15) is 9.59 Å². The number of likely N-dealkylation sites (tertiary alicyclic amines) is 1. The van der Waals surface area contributed by atoms with E-state index in [1.807, 2.05) is 39.0 Å². The van der Waals surface area contributed by atoms with Crippen molar-refractivity contribution >= 4 is 11.9 Å². The molecule has 0 radical (unpaired) electrons. The Morgan fingerprint density at radius 3 is 2.54 bits per heavy atom. The molecule has 5 nitrogen and oxygen atoms in total. The highest BCUT2D eigenvalue weighted by molar-refractivity contribution is 6.00. The van der Waals surface area contributed by atoms with E-state index >= 15 is 0 Å². The lowest BCUT2D eigenvalue weighted by molar-refractivity contribution is -0.0847. The minimum absolute atomic E-state index is 0.0791. The second kappa shape index (κ2) is 5.50. The van der Waals surface area contributed by atoms with Crippen molar-refractivity contribution in [1.29, 1.82) is 0 Å². The predicted molar refractivity (Wildman–Crippen MR) is 90.6 cm³/mol. The molecule has 0 atom stereocenters. The molecular formula is C19H25NO4. The molecule has 1 amide bonds. The third kappa shape index (κ3) is 3.12. The Morgan fingerprint density at radius 1 is 1.29 bits per heavy atom. The predicted octanol–water partition coefficient (Wildman–Crippen LogP) is 3.76. The van der Waals surface area contributed by atoms with Crippen LogP contribution in [0, 0.1) is 0 Å². The van der Waals surface area contributed by atoms with Crippen molar-refractivity contribution in [1.82, 2.24) is 4.90 Å². The van der Waals surface area contributed by atoms with Gasteiger partial charge in [0.25, 0.3) is 0 Å². The van der Waals surface area contributed by atoms with Gasteiger partial charge in [-0.15, -0.1) is 0 Å². The molecule has 1 saturated heterocycles.